The highest BCUT2D eigenvalue weighted by Gasteiger charge is 2.07. The van der Waals surface area contributed by atoms with E-state index in [1.54, 1.807) is 6.07 Å². The molecule has 3 heteroatoms. The maximum atomic E-state index is 11.8. The summed E-state index contributed by atoms with van der Waals surface area (Å²) in [5.74, 6) is 0. The largest absolute Gasteiger partial charge is 0.347 e. The van der Waals surface area contributed by atoms with E-state index in [0.29, 0.717) is 0 Å². The van der Waals surface area contributed by atoms with E-state index in [1.807, 2.05) is 30.5 Å². The van der Waals surface area contributed by atoms with Gasteiger partial charge in [-0.25, -0.2) is 0 Å². The van der Waals surface area contributed by atoms with Crippen LogP contribution in [0, 0.1) is 0 Å². The molecule has 0 atom stereocenters. The van der Waals surface area contributed by atoms with Gasteiger partial charge in [0.25, 0.3) is 0 Å². The molecule has 0 unspecified atom stereocenters. The Labute approximate surface area is 120 Å². The van der Waals surface area contributed by atoms with Crippen LogP contribution in [-0.4, -0.2) is 16.7 Å². The molecule has 0 radical (unpaired) electrons. The molecule has 0 amide bonds. The molecule has 0 aliphatic carbocycles. The van der Waals surface area contributed by atoms with Gasteiger partial charge in [0.2, 0.25) is 0 Å². The van der Waals surface area contributed by atoms with Gasteiger partial charge in [0.15, 0.2) is 5.43 Å². The predicted octanol–water partition coefficient (Wildman–Crippen LogP) is 3.17. The first-order valence-electron chi connectivity index (χ1n) is 7.31. The van der Waals surface area contributed by atoms with Crippen molar-refractivity contribution in [3.8, 4) is 0 Å². The Morgan fingerprint density at radius 1 is 1.10 bits per heavy atom. The number of hydrogen-bond donors (Lipinski definition) is 1. The smallest absolute Gasteiger partial charge is 0.189 e. The van der Waals surface area contributed by atoms with Crippen LogP contribution in [0.3, 0.4) is 0 Å². The quantitative estimate of drug-likeness (QED) is 0.848. The molecular formula is C17H24N2O. The number of fused-ring (bicyclic) bond motifs is 1. The molecule has 0 fully saturated rings. The van der Waals surface area contributed by atoms with E-state index in [9.17, 15) is 4.79 Å². The molecule has 2 rings (SSSR count). The average molecular weight is 272 g/mol. The van der Waals surface area contributed by atoms with Crippen LogP contribution in [0.1, 0.15) is 33.6 Å². The first-order valence-corrected chi connectivity index (χ1v) is 7.31. The zero-order valence-corrected chi connectivity index (χ0v) is 12.6. The monoisotopic (exact) mass is 272 g/mol. The summed E-state index contributed by atoms with van der Waals surface area (Å²) in [6.07, 6.45) is 4.15. The summed E-state index contributed by atoms with van der Waals surface area (Å²) < 4.78 is 2.17. The fraction of sp³-hybridized carbons (Fsp3) is 0.471. The highest BCUT2D eigenvalue weighted by molar-refractivity contribution is 5.78. The van der Waals surface area contributed by atoms with Gasteiger partial charge in [-0.15, -0.1) is 0 Å². The number of nitrogens with zero attached hydrogens (tertiary/aromatic N) is 1. The molecule has 1 aromatic heterocycles. The molecule has 0 saturated carbocycles. The molecule has 2 aromatic rings. The summed E-state index contributed by atoms with van der Waals surface area (Å²) in [5, 5.41) is 4.30. The van der Waals surface area contributed by atoms with Crippen molar-refractivity contribution in [2.75, 3.05) is 6.54 Å². The number of benzene rings is 1. The van der Waals surface area contributed by atoms with Gasteiger partial charge >= 0.3 is 0 Å². The number of aromatic nitrogens is 1. The van der Waals surface area contributed by atoms with E-state index in [1.165, 1.54) is 0 Å². The normalized spacial score (nSPS) is 11.9. The number of unbranched alkanes of at least 4 members (excludes halogenated alkanes) is 1. The number of nitrogens with one attached hydrogen (secondary N) is 1. The van der Waals surface area contributed by atoms with Crippen LogP contribution in [0.2, 0.25) is 0 Å². The van der Waals surface area contributed by atoms with Crippen LogP contribution in [0.15, 0.2) is 41.3 Å². The van der Waals surface area contributed by atoms with Gasteiger partial charge in [-0.3, -0.25) is 4.79 Å². The van der Waals surface area contributed by atoms with Crippen LogP contribution < -0.4 is 10.7 Å². The van der Waals surface area contributed by atoms with Crippen LogP contribution in [0.25, 0.3) is 10.9 Å². The summed E-state index contributed by atoms with van der Waals surface area (Å²) in [5.41, 5.74) is 1.32. The summed E-state index contributed by atoms with van der Waals surface area (Å²) >= 11 is 0. The fourth-order valence-electron chi connectivity index (χ4n) is 2.33. The van der Waals surface area contributed by atoms with Crippen molar-refractivity contribution in [2.45, 2.75) is 45.7 Å². The van der Waals surface area contributed by atoms with Gasteiger partial charge in [-0.05, 0) is 52.3 Å². The topological polar surface area (TPSA) is 34.0 Å². The van der Waals surface area contributed by atoms with E-state index < -0.39 is 0 Å². The minimum Gasteiger partial charge on any atom is -0.347 e. The second-order valence-corrected chi connectivity index (χ2v) is 6.27. The van der Waals surface area contributed by atoms with Crippen molar-refractivity contribution in [1.29, 1.82) is 0 Å². The lowest BCUT2D eigenvalue weighted by atomic mass is 10.1. The Bertz CT molecular complexity index is 623. The third-order valence-electron chi connectivity index (χ3n) is 3.37. The highest BCUT2D eigenvalue weighted by Crippen LogP contribution is 2.10. The lowest BCUT2D eigenvalue weighted by molar-refractivity contribution is 0.414. The molecule has 0 bridgehead atoms. The third-order valence-corrected chi connectivity index (χ3v) is 3.37. The number of rotatable bonds is 5. The van der Waals surface area contributed by atoms with Crippen molar-refractivity contribution in [3.05, 3.63) is 46.8 Å². The molecule has 1 heterocycles. The van der Waals surface area contributed by atoms with Crippen LogP contribution in [-0.2, 0) is 6.54 Å². The summed E-state index contributed by atoms with van der Waals surface area (Å²) in [4.78, 5) is 11.8. The lowest BCUT2D eigenvalue weighted by Crippen LogP contribution is -2.36. The summed E-state index contributed by atoms with van der Waals surface area (Å²) in [7, 11) is 0. The van der Waals surface area contributed by atoms with E-state index in [2.05, 4.69) is 30.7 Å². The second kappa shape index (κ2) is 6.23. The molecule has 108 valence electrons. The Morgan fingerprint density at radius 2 is 1.85 bits per heavy atom. The van der Waals surface area contributed by atoms with Gasteiger partial charge in [0.1, 0.15) is 0 Å². The molecule has 0 saturated heterocycles. The van der Waals surface area contributed by atoms with E-state index in [-0.39, 0.29) is 11.0 Å². The molecule has 0 aliphatic heterocycles. The standard InChI is InChI=1S/C17H24N2O/c1-17(2,3)18-11-6-7-12-19-13-10-16(20)14-8-4-5-9-15(14)19/h4-5,8-10,13,18H,6-7,11-12H2,1-3H3. The second-order valence-electron chi connectivity index (χ2n) is 6.27. The van der Waals surface area contributed by atoms with Crippen LogP contribution in [0.5, 0.6) is 0 Å². The first-order chi connectivity index (χ1) is 9.47. The van der Waals surface area contributed by atoms with Crippen molar-refractivity contribution >= 4 is 10.9 Å². The third kappa shape index (κ3) is 3.94. The minimum atomic E-state index is 0.103. The molecule has 0 spiro atoms. The van der Waals surface area contributed by atoms with Crippen molar-refractivity contribution < 1.29 is 0 Å². The van der Waals surface area contributed by atoms with Gasteiger partial charge < -0.3 is 9.88 Å². The van der Waals surface area contributed by atoms with Gasteiger partial charge in [0.05, 0.1) is 5.52 Å². The molecule has 3 nitrogen and oxygen atoms in total. The van der Waals surface area contributed by atoms with Crippen LogP contribution >= 0.6 is 0 Å². The average Bonchev–Trinajstić information content (AvgIpc) is 2.40. The predicted molar refractivity (Wildman–Crippen MR) is 85.2 cm³/mol. The highest BCUT2D eigenvalue weighted by atomic mass is 16.1. The van der Waals surface area contributed by atoms with Gasteiger partial charge in [-0.2, -0.15) is 0 Å². The minimum absolute atomic E-state index is 0.103. The number of pyridine rings is 1. The zero-order valence-electron chi connectivity index (χ0n) is 12.6. The maximum absolute atomic E-state index is 11.8. The van der Waals surface area contributed by atoms with Crippen molar-refractivity contribution in [1.82, 2.24) is 9.88 Å². The summed E-state index contributed by atoms with van der Waals surface area (Å²) in [6.45, 7) is 8.53. The number of hydrogen-bond acceptors (Lipinski definition) is 2. The van der Waals surface area contributed by atoms with E-state index >= 15 is 0 Å². The molecular weight excluding hydrogens is 248 g/mol. The Morgan fingerprint density at radius 3 is 2.60 bits per heavy atom. The summed E-state index contributed by atoms with van der Waals surface area (Å²) in [6, 6.07) is 9.48. The maximum Gasteiger partial charge on any atom is 0.189 e. The molecule has 1 N–H and O–H groups in total. The molecule has 20 heavy (non-hydrogen) atoms. The zero-order chi connectivity index (χ0) is 14.6. The van der Waals surface area contributed by atoms with Gasteiger partial charge in [0, 0.05) is 29.7 Å². The Hall–Kier alpha value is -1.61. The van der Waals surface area contributed by atoms with Crippen molar-refractivity contribution in [3.63, 3.8) is 0 Å². The number of para-hydroxylation sites is 1. The lowest BCUT2D eigenvalue weighted by Gasteiger charge is -2.20. The first kappa shape index (κ1) is 14.8. The van der Waals surface area contributed by atoms with Crippen molar-refractivity contribution in [2.24, 2.45) is 0 Å². The number of aryl methyl sites for hydroxylation is 1. The SMILES string of the molecule is CC(C)(C)NCCCCn1ccc(=O)c2ccccc21. The van der Waals surface area contributed by atoms with E-state index in [0.717, 1.165) is 36.8 Å². The Kier molecular flexibility index (Phi) is 4.61. The van der Waals surface area contributed by atoms with Gasteiger partial charge in [-0.1, -0.05) is 12.1 Å². The molecule has 1 aromatic carbocycles. The fourth-order valence-corrected chi connectivity index (χ4v) is 2.33. The van der Waals surface area contributed by atoms with Crippen LogP contribution in [0.4, 0.5) is 0 Å². The van der Waals surface area contributed by atoms with E-state index in [4.69, 9.17) is 0 Å². The molecule has 0 aliphatic rings. The Balaban J connectivity index is 1.97.